The Hall–Kier alpha value is -1.60. The van der Waals surface area contributed by atoms with Gasteiger partial charge in [-0.25, -0.2) is 0 Å². The normalized spacial score (nSPS) is 35.3. The predicted octanol–water partition coefficient (Wildman–Crippen LogP) is 5.45. The zero-order valence-corrected chi connectivity index (χ0v) is 15.8. The second-order valence-corrected chi connectivity index (χ2v) is 9.43. The Morgan fingerprint density at radius 1 is 0.923 bits per heavy atom. The summed E-state index contributed by atoms with van der Waals surface area (Å²) in [6.07, 6.45) is 7.15. The average Bonchev–Trinajstić information content (AvgIpc) is 3.35. The van der Waals surface area contributed by atoms with E-state index < -0.39 is 0 Å². The van der Waals surface area contributed by atoms with Gasteiger partial charge in [-0.3, -0.25) is 4.90 Å². The minimum Gasteiger partial charge on any atom is -0.299 e. The van der Waals surface area contributed by atoms with Crippen LogP contribution in [0.3, 0.4) is 0 Å². The highest BCUT2D eigenvalue weighted by Gasteiger charge is 2.60. The molecule has 6 rings (SSSR count). The van der Waals surface area contributed by atoms with Gasteiger partial charge in [0, 0.05) is 36.4 Å². The molecule has 1 heterocycles. The van der Waals surface area contributed by atoms with Crippen LogP contribution in [-0.2, 0) is 5.41 Å². The largest absolute Gasteiger partial charge is 0.299 e. The van der Waals surface area contributed by atoms with Gasteiger partial charge in [0.25, 0.3) is 0 Å². The molecule has 0 aromatic heterocycles. The van der Waals surface area contributed by atoms with Gasteiger partial charge in [0.2, 0.25) is 0 Å². The smallest absolute Gasteiger partial charge is 0.0176 e. The van der Waals surface area contributed by atoms with Crippen molar-refractivity contribution in [2.45, 2.75) is 62.3 Å². The third-order valence-electron chi connectivity index (χ3n) is 8.25. The molecule has 3 aliphatic carbocycles. The Bertz CT molecular complexity index is 849. The minimum absolute atomic E-state index is 0.355. The summed E-state index contributed by atoms with van der Waals surface area (Å²) in [5, 5.41) is 0. The van der Waals surface area contributed by atoms with Gasteiger partial charge < -0.3 is 0 Å². The van der Waals surface area contributed by atoms with E-state index in [1.165, 1.54) is 45.2 Å². The van der Waals surface area contributed by atoms with E-state index in [9.17, 15) is 0 Å². The van der Waals surface area contributed by atoms with Crippen LogP contribution < -0.4 is 0 Å². The topological polar surface area (TPSA) is 3.24 Å². The highest BCUT2D eigenvalue weighted by molar-refractivity contribution is 5.58. The lowest BCUT2D eigenvalue weighted by Gasteiger charge is -2.39. The van der Waals surface area contributed by atoms with Gasteiger partial charge in [0.05, 0.1) is 0 Å². The first-order valence-corrected chi connectivity index (χ1v) is 10.7. The fraction of sp³-hybridized carbons (Fsp3) is 0.520. The van der Waals surface area contributed by atoms with Gasteiger partial charge in [-0.05, 0) is 54.4 Å². The predicted molar refractivity (Wildman–Crippen MR) is 107 cm³/mol. The van der Waals surface area contributed by atoms with Gasteiger partial charge in [0.15, 0.2) is 0 Å². The second kappa shape index (κ2) is 5.45. The van der Waals surface area contributed by atoms with E-state index in [0.717, 1.165) is 5.92 Å². The number of hydrogen-bond acceptors (Lipinski definition) is 1. The number of fused-ring (bicyclic) bond motifs is 3. The summed E-state index contributed by atoms with van der Waals surface area (Å²) >= 11 is 0. The van der Waals surface area contributed by atoms with Crippen LogP contribution in [0.5, 0.6) is 0 Å². The van der Waals surface area contributed by atoms with E-state index >= 15 is 0 Å². The molecule has 26 heavy (non-hydrogen) atoms. The third-order valence-corrected chi connectivity index (χ3v) is 8.25. The number of benzene rings is 2. The Morgan fingerprint density at radius 3 is 2.42 bits per heavy atom. The van der Waals surface area contributed by atoms with E-state index in [0.29, 0.717) is 23.3 Å². The Balaban J connectivity index is 1.49. The molecule has 134 valence electrons. The molecule has 0 amide bonds. The Morgan fingerprint density at radius 2 is 1.62 bits per heavy atom. The van der Waals surface area contributed by atoms with Crippen molar-refractivity contribution in [1.82, 2.24) is 4.90 Å². The van der Waals surface area contributed by atoms with Crippen molar-refractivity contribution in [2.24, 2.45) is 5.92 Å². The molecule has 2 aromatic rings. The number of rotatable bonds is 2. The van der Waals surface area contributed by atoms with Crippen LogP contribution in [0.2, 0.25) is 0 Å². The van der Waals surface area contributed by atoms with E-state index in [4.69, 9.17) is 0 Å². The van der Waals surface area contributed by atoms with Crippen molar-refractivity contribution in [1.29, 1.82) is 0 Å². The lowest BCUT2D eigenvalue weighted by Crippen LogP contribution is -2.35. The summed E-state index contributed by atoms with van der Waals surface area (Å²) in [7, 11) is 0. The van der Waals surface area contributed by atoms with Crippen LogP contribution in [-0.4, -0.2) is 24.0 Å². The number of likely N-dealkylation sites (tertiary alicyclic amines) is 1. The summed E-state index contributed by atoms with van der Waals surface area (Å²) in [4.78, 5) is 2.88. The van der Waals surface area contributed by atoms with Crippen LogP contribution in [0, 0.1) is 5.92 Å². The monoisotopic (exact) mass is 343 g/mol. The average molecular weight is 344 g/mol. The van der Waals surface area contributed by atoms with Gasteiger partial charge in [0.1, 0.15) is 0 Å². The summed E-state index contributed by atoms with van der Waals surface area (Å²) in [6, 6.07) is 19.4. The molecule has 2 aromatic carbocycles. The standard InChI is InChI=1S/C25H29N/c1-17-24-21-12-5-4-10-19(21)22-14-25(24,23-13-7-6-11-20(22)23)16-26(17)15-18-8-2-3-9-18/h4-7,10-13,17-18,22,24H,2-3,8-9,14-16H2,1H3/t17-,22?,24-,25?/m1/s1. The first kappa shape index (κ1) is 15.5. The second-order valence-electron chi connectivity index (χ2n) is 9.43. The lowest BCUT2D eigenvalue weighted by molar-refractivity contribution is 0.216. The van der Waals surface area contributed by atoms with Crippen molar-refractivity contribution >= 4 is 0 Å². The van der Waals surface area contributed by atoms with E-state index in [1.54, 1.807) is 22.3 Å². The maximum Gasteiger partial charge on any atom is 0.0176 e. The SMILES string of the molecule is C[C@@H]1[C@@H]2c3ccccc3C3CC2(CN1CC1CCCC1)c1ccccc13. The van der Waals surface area contributed by atoms with E-state index in [2.05, 4.69) is 60.4 Å². The summed E-state index contributed by atoms with van der Waals surface area (Å²) < 4.78 is 0. The molecule has 2 bridgehead atoms. The van der Waals surface area contributed by atoms with Crippen LogP contribution in [0.1, 0.15) is 73.1 Å². The molecule has 2 fully saturated rings. The summed E-state index contributed by atoms with van der Waals surface area (Å²) in [5.74, 6) is 2.23. The summed E-state index contributed by atoms with van der Waals surface area (Å²) in [5.41, 5.74) is 6.92. The quantitative estimate of drug-likeness (QED) is 0.701. The molecule has 1 saturated heterocycles. The molecule has 2 unspecified atom stereocenters. The van der Waals surface area contributed by atoms with Crippen molar-refractivity contribution in [3.8, 4) is 0 Å². The molecule has 1 nitrogen and oxygen atoms in total. The van der Waals surface area contributed by atoms with E-state index in [1.807, 2.05) is 0 Å². The highest BCUT2D eigenvalue weighted by Crippen LogP contribution is 2.64. The molecule has 1 saturated carbocycles. The molecule has 1 heteroatoms. The maximum atomic E-state index is 2.88. The van der Waals surface area contributed by atoms with Gasteiger partial charge in [-0.1, -0.05) is 61.4 Å². The zero-order chi connectivity index (χ0) is 17.3. The van der Waals surface area contributed by atoms with Gasteiger partial charge in [-0.15, -0.1) is 0 Å². The Labute approximate surface area is 157 Å². The summed E-state index contributed by atoms with van der Waals surface area (Å²) in [6.45, 7) is 5.12. The zero-order valence-electron chi connectivity index (χ0n) is 15.8. The van der Waals surface area contributed by atoms with Gasteiger partial charge in [-0.2, -0.15) is 0 Å². The number of hydrogen-bond donors (Lipinski definition) is 0. The molecule has 0 N–H and O–H groups in total. The molecular formula is C25H29N. The van der Waals surface area contributed by atoms with Crippen LogP contribution >= 0.6 is 0 Å². The molecule has 1 aliphatic heterocycles. The fourth-order valence-electron chi connectivity index (χ4n) is 7.26. The molecule has 1 spiro atoms. The minimum atomic E-state index is 0.355. The molecule has 0 radical (unpaired) electrons. The first-order chi connectivity index (χ1) is 12.8. The van der Waals surface area contributed by atoms with Crippen molar-refractivity contribution in [3.05, 3.63) is 70.8 Å². The van der Waals surface area contributed by atoms with E-state index in [-0.39, 0.29) is 0 Å². The Kier molecular flexibility index (Phi) is 3.24. The lowest BCUT2D eigenvalue weighted by atomic mass is 9.63. The van der Waals surface area contributed by atoms with Crippen molar-refractivity contribution in [2.75, 3.05) is 13.1 Å². The van der Waals surface area contributed by atoms with Crippen LogP contribution in [0.15, 0.2) is 48.5 Å². The molecular weight excluding hydrogens is 314 g/mol. The molecule has 4 atom stereocenters. The van der Waals surface area contributed by atoms with Crippen molar-refractivity contribution in [3.63, 3.8) is 0 Å². The number of nitrogens with zero attached hydrogens (tertiary/aromatic N) is 1. The van der Waals surface area contributed by atoms with Crippen LogP contribution in [0.4, 0.5) is 0 Å². The first-order valence-electron chi connectivity index (χ1n) is 10.7. The van der Waals surface area contributed by atoms with Crippen molar-refractivity contribution < 1.29 is 0 Å². The van der Waals surface area contributed by atoms with Gasteiger partial charge >= 0.3 is 0 Å². The molecule has 4 aliphatic rings. The van der Waals surface area contributed by atoms with Crippen LogP contribution in [0.25, 0.3) is 0 Å². The highest BCUT2D eigenvalue weighted by atomic mass is 15.2. The fourth-order valence-corrected chi connectivity index (χ4v) is 7.26. The maximum absolute atomic E-state index is 2.88. The third kappa shape index (κ3) is 1.90.